The average Bonchev–Trinajstić information content (AvgIpc) is 2.80. The highest BCUT2D eigenvalue weighted by atomic mass is 32.2. The van der Waals surface area contributed by atoms with Crippen molar-refractivity contribution in [3.63, 3.8) is 0 Å². The fourth-order valence-corrected chi connectivity index (χ4v) is 5.44. The lowest BCUT2D eigenvalue weighted by Gasteiger charge is -2.30. The maximum atomic E-state index is 13.4. The molecule has 5 nitrogen and oxygen atoms in total. The molecule has 166 valence electrons. The molecule has 0 spiro atoms. The van der Waals surface area contributed by atoms with E-state index in [1.165, 1.54) is 16.4 Å². The number of sulfonamides is 1. The Morgan fingerprint density at radius 3 is 2.59 bits per heavy atom. The standard InChI is InChI=1S/C25H25FN2O3S/c1-18-8-12-21(26)17-23(18)27-25(29)15-11-19-9-13-22(14-10-19)32(30,31)28-16-4-6-20-5-2-3-7-24(20)28/h2-3,5,7-10,12-14,17H,4,6,11,15-16H2,1H3,(H,27,29). The van der Waals surface area contributed by atoms with Crippen molar-refractivity contribution in [2.24, 2.45) is 0 Å². The lowest BCUT2D eigenvalue weighted by molar-refractivity contribution is -0.116. The average molecular weight is 453 g/mol. The van der Waals surface area contributed by atoms with Crippen molar-refractivity contribution in [3.8, 4) is 0 Å². The molecule has 3 aromatic rings. The minimum Gasteiger partial charge on any atom is -0.326 e. The zero-order chi connectivity index (χ0) is 22.7. The van der Waals surface area contributed by atoms with Crippen LogP contribution in [0.4, 0.5) is 15.8 Å². The second kappa shape index (κ2) is 9.12. The SMILES string of the molecule is Cc1ccc(F)cc1NC(=O)CCc1ccc(S(=O)(=O)N2CCCc3ccccc32)cc1. The molecule has 3 aromatic carbocycles. The van der Waals surface area contributed by atoms with E-state index in [0.29, 0.717) is 18.7 Å². The largest absolute Gasteiger partial charge is 0.326 e. The highest BCUT2D eigenvalue weighted by Crippen LogP contribution is 2.31. The van der Waals surface area contributed by atoms with Gasteiger partial charge < -0.3 is 5.32 Å². The third-order valence-corrected chi connectivity index (χ3v) is 7.52. The molecular formula is C25H25FN2O3S. The van der Waals surface area contributed by atoms with Crippen LogP contribution in [0.5, 0.6) is 0 Å². The first-order chi connectivity index (χ1) is 15.3. The van der Waals surface area contributed by atoms with Gasteiger partial charge in [0.05, 0.1) is 10.6 Å². The number of halogens is 1. The number of carbonyl (C=O) groups is 1. The zero-order valence-electron chi connectivity index (χ0n) is 17.8. The number of hydrogen-bond donors (Lipinski definition) is 1. The predicted molar refractivity (Wildman–Crippen MR) is 124 cm³/mol. The van der Waals surface area contributed by atoms with Crippen LogP contribution < -0.4 is 9.62 Å². The molecule has 1 N–H and O–H groups in total. The van der Waals surface area contributed by atoms with Gasteiger partial charge in [-0.05, 0) is 73.2 Å². The molecule has 7 heteroatoms. The second-order valence-corrected chi connectivity index (χ2v) is 9.82. The lowest BCUT2D eigenvalue weighted by atomic mass is 10.0. The Morgan fingerprint density at radius 1 is 1.06 bits per heavy atom. The Kier molecular flexibility index (Phi) is 6.28. The third kappa shape index (κ3) is 4.67. The molecule has 0 radical (unpaired) electrons. The minimum absolute atomic E-state index is 0.210. The maximum absolute atomic E-state index is 13.4. The van der Waals surface area contributed by atoms with Crippen molar-refractivity contribution >= 4 is 27.3 Å². The van der Waals surface area contributed by atoms with Crippen LogP contribution in [-0.2, 0) is 27.7 Å². The van der Waals surface area contributed by atoms with E-state index >= 15 is 0 Å². The van der Waals surface area contributed by atoms with Gasteiger partial charge in [0.25, 0.3) is 10.0 Å². The summed E-state index contributed by atoms with van der Waals surface area (Å²) in [7, 11) is -3.65. The number of fused-ring (bicyclic) bond motifs is 1. The van der Waals surface area contributed by atoms with Gasteiger partial charge in [-0.2, -0.15) is 0 Å². The number of benzene rings is 3. The first kappa shape index (κ1) is 22.0. The van der Waals surface area contributed by atoms with Gasteiger partial charge in [0.15, 0.2) is 0 Å². The Morgan fingerprint density at radius 2 is 1.81 bits per heavy atom. The van der Waals surface area contributed by atoms with Gasteiger partial charge in [-0.25, -0.2) is 12.8 Å². The van der Waals surface area contributed by atoms with Gasteiger partial charge in [-0.15, -0.1) is 0 Å². The number of hydrogen-bond acceptors (Lipinski definition) is 3. The Balaban J connectivity index is 1.42. The maximum Gasteiger partial charge on any atom is 0.264 e. The van der Waals surface area contributed by atoms with E-state index in [0.717, 1.165) is 35.2 Å². The van der Waals surface area contributed by atoms with Crippen molar-refractivity contribution in [3.05, 3.63) is 89.2 Å². The van der Waals surface area contributed by atoms with Crippen molar-refractivity contribution in [2.45, 2.75) is 37.5 Å². The van der Waals surface area contributed by atoms with E-state index in [1.807, 2.05) is 24.3 Å². The molecule has 0 saturated heterocycles. The van der Waals surface area contributed by atoms with E-state index < -0.39 is 15.8 Å². The minimum atomic E-state index is -3.65. The van der Waals surface area contributed by atoms with Crippen LogP contribution in [0.2, 0.25) is 0 Å². The fourth-order valence-electron chi connectivity index (χ4n) is 3.90. The summed E-state index contributed by atoms with van der Waals surface area (Å²) in [6.07, 6.45) is 2.32. The van der Waals surface area contributed by atoms with Crippen LogP contribution in [0.15, 0.2) is 71.6 Å². The highest BCUT2D eigenvalue weighted by molar-refractivity contribution is 7.92. The number of para-hydroxylation sites is 1. The molecular weight excluding hydrogens is 427 g/mol. The van der Waals surface area contributed by atoms with Crippen LogP contribution in [0.3, 0.4) is 0 Å². The van der Waals surface area contributed by atoms with E-state index in [1.54, 1.807) is 37.3 Å². The van der Waals surface area contributed by atoms with Crippen molar-refractivity contribution < 1.29 is 17.6 Å². The molecule has 0 saturated carbocycles. The van der Waals surface area contributed by atoms with Crippen molar-refractivity contribution in [2.75, 3.05) is 16.2 Å². The molecule has 0 atom stereocenters. The number of amides is 1. The summed E-state index contributed by atoms with van der Waals surface area (Å²) >= 11 is 0. The lowest BCUT2D eigenvalue weighted by Crippen LogP contribution is -2.35. The molecule has 0 fully saturated rings. The highest BCUT2D eigenvalue weighted by Gasteiger charge is 2.28. The molecule has 0 aromatic heterocycles. The fraction of sp³-hybridized carbons (Fsp3) is 0.240. The van der Waals surface area contributed by atoms with Gasteiger partial charge in [-0.3, -0.25) is 9.10 Å². The van der Waals surface area contributed by atoms with Crippen LogP contribution in [0.1, 0.15) is 29.5 Å². The Labute approximate surface area is 187 Å². The normalized spacial score (nSPS) is 13.5. The molecule has 1 amide bonds. The zero-order valence-corrected chi connectivity index (χ0v) is 18.7. The van der Waals surface area contributed by atoms with Gasteiger partial charge in [0, 0.05) is 18.7 Å². The van der Waals surface area contributed by atoms with E-state index in [2.05, 4.69) is 5.32 Å². The van der Waals surface area contributed by atoms with Crippen LogP contribution in [0.25, 0.3) is 0 Å². The monoisotopic (exact) mass is 452 g/mol. The molecule has 0 aliphatic carbocycles. The first-order valence-electron chi connectivity index (χ1n) is 10.6. The topological polar surface area (TPSA) is 66.5 Å². The van der Waals surface area contributed by atoms with Crippen LogP contribution in [-0.4, -0.2) is 20.9 Å². The summed E-state index contributed by atoms with van der Waals surface area (Å²) in [5.41, 5.74) is 3.88. The first-order valence-corrected chi connectivity index (χ1v) is 12.0. The molecule has 0 unspecified atom stereocenters. The molecule has 1 heterocycles. The van der Waals surface area contributed by atoms with Crippen LogP contribution >= 0.6 is 0 Å². The number of aryl methyl sites for hydroxylation is 3. The number of carbonyl (C=O) groups excluding carboxylic acids is 1. The number of nitrogens with one attached hydrogen (secondary N) is 1. The summed E-state index contributed by atoms with van der Waals surface area (Å²) in [5.74, 6) is -0.626. The number of rotatable bonds is 6. The van der Waals surface area contributed by atoms with Crippen LogP contribution in [0, 0.1) is 12.7 Å². The smallest absolute Gasteiger partial charge is 0.264 e. The molecule has 0 bridgehead atoms. The Hall–Kier alpha value is -3.19. The molecule has 4 rings (SSSR count). The quantitative estimate of drug-likeness (QED) is 0.582. The second-order valence-electron chi connectivity index (χ2n) is 7.96. The van der Waals surface area contributed by atoms with Crippen molar-refractivity contribution in [1.29, 1.82) is 0 Å². The van der Waals surface area contributed by atoms with Gasteiger partial charge in [-0.1, -0.05) is 36.4 Å². The summed E-state index contributed by atoms with van der Waals surface area (Å²) in [5, 5.41) is 2.73. The predicted octanol–water partition coefficient (Wildman–Crippen LogP) is 4.85. The number of nitrogens with zero attached hydrogens (tertiary/aromatic N) is 1. The third-order valence-electron chi connectivity index (χ3n) is 5.69. The molecule has 32 heavy (non-hydrogen) atoms. The molecule has 1 aliphatic rings. The van der Waals surface area contributed by atoms with Crippen molar-refractivity contribution in [1.82, 2.24) is 0 Å². The summed E-state index contributed by atoms with van der Waals surface area (Å²) in [4.78, 5) is 12.5. The van der Waals surface area contributed by atoms with E-state index in [9.17, 15) is 17.6 Å². The van der Waals surface area contributed by atoms with Gasteiger partial charge in [0.2, 0.25) is 5.91 Å². The summed E-state index contributed by atoms with van der Waals surface area (Å²) in [6, 6.07) is 18.5. The summed E-state index contributed by atoms with van der Waals surface area (Å²) < 4.78 is 41.3. The van der Waals surface area contributed by atoms with E-state index in [4.69, 9.17) is 0 Å². The number of anilines is 2. The van der Waals surface area contributed by atoms with Gasteiger partial charge in [0.1, 0.15) is 5.82 Å². The Bertz CT molecular complexity index is 1240. The summed E-state index contributed by atoms with van der Waals surface area (Å²) in [6.45, 7) is 2.26. The molecule has 1 aliphatic heterocycles. The van der Waals surface area contributed by atoms with E-state index in [-0.39, 0.29) is 17.2 Å². The van der Waals surface area contributed by atoms with Gasteiger partial charge >= 0.3 is 0 Å².